The molecular weight excluding hydrogens is 420 g/mol. The van der Waals surface area contributed by atoms with Gasteiger partial charge in [0.15, 0.2) is 11.5 Å². The summed E-state index contributed by atoms with van der Waals surface area (Å²) in [5.74, 6) is 0.956. The van der Waals surface area contributed by atoms with E-state index in [0.717, 1.165) is 38.4 Å². The molecule has 0 aliphatic carbocycles. The van der Waals surface area contributed by atoms with Gasteiger partial charge in [-0.2, -0.15) is 0 Å². The molecule has 2 fully saturated rings. The quantitative estimate of drug-likeness (QED) is 0.474. The standard InChI is InChI=1S/C19H23ClN2O4S2/c1-3-26-17-14(20)10-13(11-15(17)24-2)12-16-18(23)22(19(27)28-16)5-4-21-6-8-25-9-7-21/h10-12H,3-9H2,1-2H3/b16-12-. The van der Waals surface area contributed by atoms with E-state index in [4.69, 9.17) is 38.0 Å². The number of thiocarbonyl (C=S) groups is 1. The van der Waals surface area contributed by atoms with E-state index in [1.165, 1.54) is 11.8 Å². The summed E-state index contributed by atoms with van der Waals surface area (Å²) in [4.78, 5) is 17.3. The molecule has 0 saturated carbocycles. The molecule has 9 heteroatoms. The Morgan fingerprint density at radius 1 is 1.32 bits per heavy atom. The van der Waals surface area contributed by atoms with Crippen LogP contribution in [-0.4, -0.2) is 73.1 Å². The van der Waals surface area contributed by atoms with Crippen LogP contribution in [0.1, 0.15) is 12.5 Å². The number of benzene rings is 1. The summed E-state index contributed by atoms with van der Waals surface area (Å²) in [7, 11) is 1.56. The molecule has 6 nitrogen and oxygen atoms in total. The van der Waals surface area contributed by atoms with E-state index in [-0.39, 0.29) is 5.91 Å². The molecule has 2 aliphatic rings. The van der Waals surface area contributed by atoms with Crippen molar-refractivity contribution in [2.75, 3.05) is 53.1 Å². The van der Waals surface area contributed by atoms with Crippen LogP contribution >= 0.6 is 35.6 Å². The van der Waals surface area contributed by atoms with E-state index >= 15 is 0 Å². The number of methoxy groups -OCH3 is 1. The number of halogens is 1. The summed E-state index contributed by atoms with van der Waals surface area (Å²) < 4.78 is 16.8. The molecule has 3 rings (SSSR count). The predicted octanol–water partition coefficient (Wildman–Crippen LogP) is 3.28. The number of nitrogens with zero attached hydrogens (tertiary/aromatic N) is 2. The van der Waals surface area contributed by atoms with Crippen LogP contribution in [0.15, 0.2) is 17.0 Å². The Hall–Kier alpha value is -1.32. The van der Waals surface area contributed by atoms with Crippen molar-refractivity contribution in [3.63, 3.8) is 0 Å². The summed E-state index contributed by atoms with van der Waals surface area (Å²) in [5.41, 5.74) is 0.763. The Labute approximate surface area is 179 Å². The van der Waals surface area contributed by atoms with Crippen LogP contribution in [0.3, 0.4) is 0 Å². The van der Waals surface area contributed by atoms with Crippen LogP contribution < -0.4 is 9.47 Å². The molecule has 0 bridgehead atoms. The summed E-state index contributed by atoms with van der Waals surface area (Å²) in [5, 5.41) is 0.440. The lowest BCUT2D eigenvalue weighted by Crippen LogP contribution is -2.42. The second-order valence-corrected chi connectivity index (χ2v) is 8.34. The first kappa shape index (κ1) is 21.4. The first-order chi connectivity index (χ1) is 13.5. The van der Waals surface area contributed by atoms with E-state index in [2.05, 4.69) is 4.90 Å². The maximum atomic E-state index is 12.8. The normalized spacial score (nSPS) is 19.5. The Kier molecular flexibility index (Phi) is 7.59. The first-order valence-electron chi connectivity index (χ1n) is 9.09. The summed E-state index contributed by atoms with van der Waals surface area (Å²) in [6.07, 6.45) is 1.79. The molecule has 1 amide bonds. The van der Waals surface area contributed by atoms with Crippen molar-refractivity contribution in [3.05, 3.63) is 27.6 Å². The third-order valence-electron chi connectivity index (χ3n) is 4.46. The van der Waals surface area contributed by atoms with Gasteiger partial charge in [0, 0.05) is 26.2 Å². The number of hydrogen-bond donors (Lipinski definition) is 0. The molecule has 0 radical (unpaired) electrons. The maximum Gasteiger partial charge on any atom is 0.266 e. The van der Waals surface area contributed by atoms with Gasteiger partial charge in [-0.25, -0.2) is 0 Å². The molecule has 0 spiro atoms. The number of hydrogen-bond acceptors (Lipinski definition) is 7. The summed E-state index contributed by atoms with van der Waals surface area (Å²) in [6.45, 7) is 6.96. The van der Waals surface area contributed by atoms with Crippen LogP contribution in [0.25, 0.3) is 6.08 Å². The molecule has 0 aromatic heterocycles. The smallest absolute Gasteiger partial charge is 0.266 e. The van der Waals surface area contributed by atoms with Gasteiger partial charge in [0.2, 0.25) is 0 Å². The van der Waals surface area contributed by atoms with Gasteiger partial charge >= 0.3 is 0 Å². The zero-order chi connectivity index (χ0) is 20.1. The Balaban J connectivity index is 1.73. The highest BCUT2D eigenvalue weighted by atomic mass is 35.5. The van der Waals surface area contributed by atoms with Crippen LogP contribution in [0.2, 0.25) is 5.02 Å². The number of rotatable bonds is 7. The van der Waals surface area contributed by atoms with E-state index in [1.807, 2.05) is 6.92 Å². The molecule has 152 valence electrons. The second kappa shape index (κ2) is 9.93. The monoisotopic (exact) mass is 442 g/mol. The van der Waals surface area contributed by atoms with E-state index in [9.17, 15) is 4.79 Å². The van der Waals surface area contributed by atoms with Crippen LogP contribution in [0.4, 0.5) is 0 Å². The van der Waals surface area contributed by atoms with E-state index in [0.29, 0.717) is 38.9 Å². The fourth-order valence-corrected chi connectivity index (χ4v) is 4.60. The molecule has 2 aliphatic heterocycles. The van der Waals surface area contributed by atoms with E-state index < -0.39 is 0 Å². The second-order valence-electron chi connectivity index (χ2n) is 6.25. The number of ether oxygens (including phenoxy) is 3. The van der Waals surface area contributed by atoms with Gasteiger partial charge in [0.1, 0.15) is 4.32 Å². The molecular formula is C19H23ClN2O4S2. The molecule has 28 heavy (non-hydrogen) atoms. The Morgan fingerprint density at radius 3 is 2.75 bits per heavy atom. The van der Waals surface area contributed by atoms with Crippen molar-refractivity contribution in [1.82, 2.24) is 9.80 Å². The third-order valence-corrected chi connectivity index (χ3v) is 6.11. The van der Waals surface area contributed by atoms with Crippen LogP contribution in [0, 0.1) is 0 Å². The summed E-state index contributed by atoms with van der Waals surface area (Å²) in [6, 6.07) is 3.56. The fraction of sp³-hybridized carbons (Fsp3) is 0.474. The summed E-state index contributed by atoms with van der Waals surface area (Å²) >= 11 is 13.1. The Morgan fingerprint density at radius 2 is 2.07 bits per heavy atom. The van der Waals surface area contributed by atoms with Crippen molar-refractivity contribution >= 4 is 51.9 Å². The van der Waals surface area contributed by atoms with Gasteiger partial charge in [0.25, 0.3) is 5.91 Å². The van der Waals surface area contributed by atoms with Gasteiger partial charge in [-0.15, -0.1) is 0 Å². The highest BCUT2D eigenvalue weighted by Gasteiger charge is 2.32. The zero-order valence-electron chi connectivity index (χ0n) is 15.9. The largest absolute Gasteiger partial charge is 0.493 e. The lowest BCUT2D eigenvalue weighted by atomic mass is 10.1. The van der Waals surface area contributed by atoms with Crippen molar-refractivity contribution in [2.45, 2.75) is 6.92 Å². The number of morpholine rings is 1. The first-order valence-corrected chi connectivity index (χ1v) is 10.7. The van der Waals surface area contributed by atoms with Crippen molar-refractivity contribution < 1.29 is 19.0 Å². The molecule has 1 aromatic rings. The highest BCUT2D eigenvalue weighted by Crippen LogP contribution is 2.39. The van der Waals surface area contributed by atoms with Crippen molar-refractivity contribution in [1.29, 1.82) is 0 Å². The number of amides is 1. The lowest BCUT2D eigenvalue weighted by molar-refractivity contribution is -0.122. The topological polar surface area (TPSA) is 51.2 Å². The zero-order valence-corrected chi connectivity index (χ0v) is 18.3. The molecule has 0 atom stereocenters. The minimum Gasteiger partial charge on any atom is -0.493 e. The van der Waals surface area contributed by atoms with Gasteiger partial charge in [-0.1, -0.05) is 35.6 Å². The van der Waals surface area contributed by atoms with Gasteiger partial charge in [0.05, 0.1) is 36.9 Å². The third kappa shape index (κ3) is 4.99. The van der Waals surface area contributed by atoms with E-state index in [1.54, 1.807) is 30.2 Å². The van der Waals surface area contributed by atoms with Gasteiger partial charge in [-0.3, -0.25) is 14.6 Å². The molecule has 2 saturated heterocycles. The Bertz CT molecular complexity index is 781. The van der Waals surface area contributed by atoms with Crippen molar-refractivity contribution in [2.24, 2.45) is 0 Å². The SMILES string of the molecule is CCOc1c(Cl)cc(/C=C2\SC(=S)N(CCN3CCOCC3)C2=O)cc1OC. The van der Waals surface area contributed by atoms with Crippen LogP contribution in [-0.2, 0) is 9.53 Å². The number of carbonyl (C=O) groups is 1. The molecule has 0 unspecified atom stereocenters. The van der Waals surface area contributed by atoms with Crippen molar-refractivity contribution in [3.8, 4) is 11.5 Å². The lowest BCUT2D eigenvalue weighted by Gasteiger charge is -2.28. The average Bonchev–Trinajstić information content (AvgIpc) is 2.95. The highest BCUT2D eigenvalue weighted by molar-refractivity contribution is 8.26. The van der Waals surface area contributed by atoms with Gasteiger partial charge < -0.3 is 14.2 Å². The molecule has 1 aromatic carbocycles. The number of carbonyl (C=O) groups excluding carboxylic acids is 1. The minimum atomic E-state index is -0.0766. The van der Waals surface area contributed by atoms with Gasteiger partial charge in [-0.05, 0) is 30.7 Å². The average molecular weight is 443 g/mol. The number of thioether (sulfide) groups is 1. The molecule has 0 N–H and O–H groups in total. The fourth-order valence-electron chi connectivity index (χ4n) is 3.02. The maximum absolute atomic E-state index is 12.8. The predicted molar refractivity (Wildman–Crippen MR) is 116 cm³/mol. The molecule has 2 heterocycles. The van der Waals surface area contributed by atoms with Crippen LogP contribution in [0.5, 0.6) is 11.5 Å². The minimum absolute atomic E-state index is 0.0766.